The highest BCUT2D eigenvalue weighted by molar-refractivity contribution is 5.96. The topological polar surface area (TPSA) is 106 Å². The minimum atomic E-state index is -4.58. The van der Waals surface area contributed by atoms with E-state index >= 15 is 0 Å². The fourth-order valence-electron chi connectivity index (χ4n) is 3.46. The molecule has 11 heteroatoms. The van der Waals surface area contributed by atoms with Gasteiger partial charge in [0.15, 0.2) is 0 Å². The Morgan fingerprint density at radius 3 is 2.50 bits per heavy atom. The minimum absolute atomic E-state index is 0.0304. The van der Waals surface area contributed by atoms with Crippen molar-refractivity contribution in [1.29, 1.82) is 5.26 Å². The summed E-state index contributed by atoms with van der Waals surface area (Å²) in [6.07, 6.45) is -4.88. The molecular weight excluding hydrogens is 454 g/mol. The van der Waals surface area contributed by atoms with Crippen LogP contribution < -0.4 is 15.8 Å². The number of carbonyl (C=O) groups excluding carboxylic acids is 1. The van der Waals surface area contributed by atoms with E-state index in [1.54, 1.807) is 24.3 Å². The summed E-state index contributed by atoms with van der Waals surface area (Å²) in [6.45, 7) is 1.44. The fraction of sp³-hybridized carbons (Fsp3) is 0.261. The second kappa shape index (κ2) is 9.82. The lowest BCUT2D eigenvalue weighted by Gasteiger charge is -2.20. The number of hydrogen-bond donors (Lipinski definition) is 2. The van der Waals surface area contributed by atoms with Crippen molar-refractivity contribution in [2.75, 3.05) is 12.8 Å². The van der Waals surface area contributed by atoms with Gasteiger partial charge >= 0.3 is 6.18 Å². The van der Waals surface area contributed by atoms with Crippen LogP contribution in [0.3, 0.4) is 0 Å². The van der Waals surface area contributed by atoms with Gasteiger partial charge in [0.25, 0.3) is 5.91 Å². The normalized spacial score (nSPS) is 12.1. The van der Waals surface area contributed by atoms with E-state index in [1.165, 1.54) is 26.2 Å². The number of benzene rings is 2. The van der Waals surface area contributed by atoms with E-state index in [-0.39, 0.29) is 41.4 Å². The van der Waals surface area contributed by atoms with Gasteiger partial charge in [-0.1, -0.05) is 31.2 Å². The number of carbonyl (C=O) groups is 1. The zero-order chi connectivity index (χ0) is 25.0. The van der Waals surface area contributed by atoms with Gasteiger partial charge in [0.1, 0.15) is 40.8 Å². The predicted octanol–water partition coefficient (Wildman–Crippen LogP) is 4.60. The van der Waals surface area contributed by atoms with Crippen LogP contribution in [0.5, 0.6) is 5.75 Å². The molecule has 3 rings (SSSR count). The number of nitrogens with zero attached hydrogens (tertiary/aromatic N) is 3. The summed E-state index contributed by atoms with van der Waals surface area (Å²) in [5.74, 6) is -1.27. The molecule has 0 saturated heterocycles. The first kappa shape index (κ1) is 24.6. The first-order valence-electron chi connectivity index (χ1n) is 10.2. The number of amides is 1. The van der Waals surface area contributed by atoms with Gasteiger partial charge in [-0.05, 0) is 30.2 Å². The average Bonchev–Trinajstić information content (AvgIpc) is 3.13. The minimum Gasteiger partial charge on any atom is -0.496 e. The number of anilines is 1. The Balaban J connectivity index is 1.81. The lowest BCUT2D eigenvalue weighted by molar-refractivity contribution is -0.170. The number of nitrogen functional groups attached to an aromatic ring is 1. The van der Waals surface area contributed by atoms with Gasteiger partial charge in [0.2, 0.25) is 0 Å². The number of methoxy groups -OCH3 is 1. The van der Waals surface area contributed by atoms with Crippen LogP contribution in [0, 0.1) is 17.1 Å². The maximum Gasteiger partial charge on any atom is 0.410 e. The molecule has 3 N–H and O–H groups in total. The van der Waals surface area contributed by atoms with E-state index in [0.717, 1.165) is 6.07 Å². The smallest absolute Gasteiger partial charge is 0.410 e. The lowest BCUT2D eigenvalue weighted by atomic mass is 10.1. The van der Waals surface area contributed by atoms with Crippen molar-refractivity contribution >= 4 is 11.7 Å². The highest BCUT2D eigenvalue weighted by atomic mass is 19.4. The maximum absolute atomic E-state index is 13.5. The number of rotatable bonds is 7. The van der Waals surface area contributed by atoms with Crippen molar-refractivity contribution in [3.05, 3.63) is 65.0 Å². The Morgan fingerprint density at radius 2 is 1.94 bits per heavy atom. The highest BCUT2D eigenvalue weighted by Crippen LogP contribution is 2.37. The molecule has 2 aromatic carbocycles. The number of halogens is 4. The number of ether oxygens (including phenoxy) is 1. The fourth-order valence-corrected chi connectivity index (χ4v) is 3.46. The van der Waals surface area contributed by atoms with E-state index in [4.69, 9.17) is 10.5 Å². The Morgan fingerprint density at radius 1 is 1.26 bits per heavy atom. The van der Waals surface area contributed by atoms with E-state index in [2.05, 4.69) is 10.4 Å². The third kappa shape index (κ3) is 4.96. The molecule has 0 bridgehead atoms. The molecule has 7 nitrogen and oxygen atoms in total. The van der Waals surface area contributed by atoms with Crippen LogP contribution >= 0.6 is 0 Å². The average molecular weight is 475 g/mol. The number of nitrogens with two attached hydrogens (primary N) is 1. The SMILES string of the molecule is CCC(n1nc(-c2ccc(CNC(=O)c3cc(F)ccc3OC)cc2)c(C#N)c1N)C(F)(F)F. The van der Waals surface area contributed by atoms with E-state index in [1.807, 2.05) is 6.07 Å². The molecule has 1 unspecified atom stereocenters. The zero-order valence-electron chi connectivity index (χ0n) is 18.3. The van der Waals surface area contributed by atoms with Crippen LogP contribution in [-0.4, -0.2) is 29.0 Å². The third-order valence-corrected chi connectivity index (χ3v) is 5.21. The molecule has 1 atom stereocenters. The molecule has 34 heavy (non-hydrogen) atoms. The molecule has 0 aliphatic heterocycles. The molecule has 1 heterocycles. The number of alkyl halides is 3. The molecule has 0 saturated carbocycles. The van der Waals surface area contributed by atoms with Gasteiger partial charge in [-0.2, -0.15) is 23.5 Å². The summed E-state index contributed by atoms with van der Waals surface area (Å²) in [7, 11) is 1.36. The van der Waals surface area contributed by atoms with Gasteiger partial charge in [-0.3, -0.25) is 4.79 Å². The number of hydrogen-bond acceptors (Lipinski definition) is 5. The maximum atomic E-state index is 13.5. The van der Waals surface area contributed by atoms with Crippen LogP contribution in [0.4, 0.5) is 23.4 Å². The largest absolute Gasteiger partial charge is 0.496 e. The van der Waals surface area contributed by atoms with Gasteiger partial charge in [0, 0.05) is 12.1 Å². The van der Waals surface area contributed by atoms with Crippen molar-refractivity contribution in [1.82, 2.24) is 15.1 Å². The first-order valence-corrected chi connectivity index (χ1v) is 10.2. The third-order valence-electron chi connectivity index (χ3n) is 5.21. The molecule has 1 aromatic heterocycles. The second-order valence-corrected chi connectivity index (χ2v) is 7.36. The van der Waals surface area contributed by atoms with Gasteiger partial charge < -0.3 is 15.8 Å². The van der Waals surface area contributed by atoms with Crippen LogP contribution in [0.2, 0.25) is 0 Å². The summed E-state index contributed by atoms with van der Waals surface area (Å²) >= 11 is 0. The van der Waals surface area contributed by atoms with Crippen LogP contribution in [-0.2, 0) is 6.54 Å². The van der Waals surface area contributed by atoms with Crippen molar-refractivity contribution in [2.45, 2.75) is 32.1 Å². The van der Waals surface area contributed by atoms with E-state index in [9.17, 15) is 27.6 Å². The molecule has 178 valence electrons. The summed E-state index contributed by atoms with van der Waals surface area (Å²) in [4.78, 5) is 12.4. The Hall–Kier alpha value is -4.07. The number of aromatic nitrogens is 2. The summed E-state index contributed by atoms with van der Waals surface area (Å²) in [5.41, 5.74) is 6.78. The summed E-state index contributed by atoms with van der Waals surface area (Å²) in [5, 5.41) is 16.1. The van der Waals surface area contributed by atoms with Gasteiger partial charge in [-0.15, -0.1) is 0 Å². The number of nitrogens with one attached hydrogen (secondary N) is 1. The first-order chi connectivity index (χ1) is 16.1. The van der Waals surface area contributed by atoms with Gasteiger partial charge in [-0.25, -0.2) is 9.07 Å². The Kier molecular flexibility index (Phi) is 7.10. The summed E-state index contributed by atoms with van der Waals surface area (Å²) in [6, 6.07) is 9.82. The molecule has 0 aliphatic rings. The molecule has 1 amide bonds. The second-order valence-electron chi connectivity index (χ2n) is 7.36. The molecule has 3 aromatic rings. The Labute approximate surface area is 192 Å². The molecular formula is C23H21F4N5O2. The molecule has 0 aliphatic carbocycles. The monoisotopic (exact) mass is 475 g/mol. The summed E-state index contributed by atoms with van der Waals surface area (Å²) < 4.78 is 59.3. The van der Waals surface area contributed by atoms with Crippen molar-refractivity contribution in [3.8, 4) is 23.1 Å². The molecule has 0 radical (unpaired) electrons. The number of nitriles is 1. The zero-order valence-corrected chi connectivity index (χ0v) is 18.3. The van der Waals surface area contributed by atoms with Gasteiger partial charge in [0.05, 0.1) is 12.7 Å². The lowest BCUT2D eigenvalue weighted by Crippen LogP contribution is -2.27. The van der Waals surface area contributed by atoms with Crippen molar-refractivity contribution < 1.29 is 27.1 Å². The van der Waals surface area contributed by atoms with Crippen LogP contribution in [0.1, 0.15) is 40.9 Å². The quantitative estimate of drug-likeness (QED) is 0.486. The predicted molar refractivity (Wildman–Crippen MR) is 116 cm³/mol. The Bertz CT molecular complexity index is 1230. The van der Waals surface area contributed by atoms with E-state index in [0.29, 0.717) is 15.8 Å². The van der Waals surface area contributed by atoms with Crippen molar-refractivity contribution in [3.63, 3.8) is 0 Å². The highest BCUT2D eigenvalue weighted by Gasteiger charge is 2.42. The molecule has 0 fully saturated rings. The van der Waals surface area contributed by atoms with Crippen molar-refractivity contribution in [2.24, 2.45) is 0 Å². The van der Waals surface area contributed by atoms with Crippen LogP contribution in [0.25, 0.3) is 11.3 Å². The van der Waals surface area contributed by atoms with E-state index < -0.39 is 23.9 Å². The standard InChI is InChI=1S/C23H21F4N5O2/c1-3-19(23(25,26)27)32-21(29)17(11-28)20(31-32)14-6-4-13(5-7-14)12-30-22(33)16-10-15(24)8-9-18(16)34-2/h4-10,19H,3,12,29H2,1-2H3,(H,30,33). The van der Waals surface area contributed by atoms with Crippen LogP contribution in [0.15, 0.2) is 42.5 Å². The molecule has 0 spiro atoms.